The van der Waals surface area contributed by atoms with Gasteiger partial charge in [0.15, 0.2) is 17.5 Å². The number of nitrogens with zero attached hydrogens (tertiary/aromatic N) is 4. The Kier molecular flexibility index (Phi) is 9.14. The molecule has 0 aliphatic rings. The Morgan fingerprint density at radius 1 is 0.230 bits per heavy atom. The van der Waals surface area contributed by atoms with Gasteiger partial charge in [-0.25, -0.2) is 15.0 Å². The second kappa shape index (κ2) is 15.5. The van der Waals surface area contributed by atoms with E-state index < -0.39 is 0 Å². The van der Waals surface area contributed by atoms with Crippen molar-refractivity contribution in [2.45, 2.75) is 0 Å². The average molecular weight is 779 g/mol. The van der Waals surface area contributed by atoms with Crippen LogP contribution in [0.4, 0.5) is 0 Å². The first-order chi connectivity index (χ1) is 30.2. The molecule has 0 aliphatic carbocycles. The fourth-order valence-electron chi connectivity index (χ4n) is 8.37. The molecule has 9 aromatic carbocycles. The molecule has 0 N–H and O–H groups in total. The molecule has 0 bridgehead atoms. The van der Waals surface area contributed by atoms with Crippen molar-refractivity contribution in [3.05, 3.63) is 231 Å². The number of hydrogen-bond donors (Lipinski definition) is 0. The summed E-state index contributed by atoms with van der Waals surface area (Å²) in [5.74, 6) is 1.89. The summed E-state index contributed by atoms with van der Waals surface area (Å²) in [7, 11) is 0. The summed E-state index contributed by atoms with van der Waals surface area (Å²) in [6, 6.07) is 81.1. The molecule has 0 spiro atoms. The van der Waals surface area contributed by atoms with Crippen LogP contribution in [-0.4, -0.2) is 19.5 Å². The molecule has 286 valence electrons. The minimum atomic E-state index is 0.626. The summed E-state index contributed by atoms with van der Waals surface area (Å²) in [6.45, 7) is 0. The third-order valence-corrected chi connectivity index (χ3v) is 11.5. The van der Waals surface area contributed by atoms with Crippen molar-refractivity contribution >= 4 is 21.8 Å². The normalized spacial score (nSPS) is 11.3. The zero-order valence-electron chi connectivity index (χ0n) is 33.2. The topological polar surface area (TPSA) is 43.6 Å². The monoisotopic (exact) mass is 778 g/mol. The molecular formula is C57H38N4. The summed E-state index contributed by atoms with van der Waals surface area (Å²) in [4.78, 5) is 15.3. The van der Waals surface area contributed by atoms with Gasteiger partial charge in [0.2, 0.25) is 0 Å². The van der Waals surface area contributed by atoms with Crippen molar-refractivity contribution in [2.24, 2.45) is 0 Å². The van der Waals surface area contributed by atoms with Gasteiger partial charge < -0.3 is 4.57 Å². The molecule has 4 nitrogen and oxygen atoms in total. The van der Waals surface area contributed by atoms with Gasteiger partial charge in [-0.3, -0.25) is 0 Å². The quantitative estimate of drug-likeness (QED) is 0.154. The number of para-hydroxylation sites is 2. The van der Waals surface area contributed by atoms with Crippen molar-refractivity contribution in [3.63, 3.8) is 0 Å². The van der Waals surface area contributed by atoms with Crippen molar-refractivity contribution in [2.75, 3.05) is 0 Å². The summed E-state index contributed by atoms with van der Waals surface area (Å²) >= 11 is 0. The second-order valence-corrected chi connectivity index (χ2v) is 15.3. The Labute approximate surface area is 354 Å². The molecule has 0 saturated heterocycles. The summed E-state index contributed by atoms with van der Waals surface area (Å²) in [5.41, 5.74) is 15.5. The molecule has 4 heteroatoms. The number of hydrogen-bond acceptors (Lipinski definition) is 3. The van der Waals surface area contributed by atoms with Crippen LogP contribution in [0.2, 0.25) is 0 Å². The first-order valence-electron chi connectivity index (χ1n) is 20.6. The lowest BCUT2D eigenvalue weighted by molar-refractivity contribution is 1.07. The smallest absolute Gasteiger partial charge is 0.164 e. The Balaban J connectivity index is 0.928. The van der Waals surface area contributed by atoms with Crippen LogP contribution in [0.3, 0.4) is 0 Å². The molecule has 0 amide bonds. The maximum atomic E-state index is 5.10. The van der Waals surface area contributed by atoms with Crippen LogP contribution in [0.5, 0.6) is 0 Å². The highest BCUT2D eigenvalue weighted by molar-refractivity contribution is 6.10. The van der Waals surface area contributed by atoms with Crippen molar-refractivity contribution in [1.29, 1.82) is 0 Å². The van der Waals surface area contributed by atoms with E-state index in [4.69, 9.17) is 15.0 Å². The highest BCUT2D eigenvalue weighted by atomic mass is 15.0. The second-order valence-electron chi connectivity index (χ2n) is 15.3. The lowest BCUT2D eigenvalue weighted by Gasteiger charge is -2.11. The number of rotatable bonds is 8. The van der Waals surface area contributed by atoms with E-state index in [-0.39, 0.29) is 0 Å². The van der Waals surface area contributed by atoms with E-state index in [1.54, 1.807) is 0 Å². The van der Waals surface area contributed by atoms with E-state index in [0.29, 0.717) is 17.5 Å². The van der Waals surface area contributed by atoms with Crippen LogP contribution in [0.25, 0.3) is 106 Å². The minimum absolute atomic E-state index is 0.626. The fraction of sp³-hybridized carbons (Fsp3) is 0. The average Bonchev–Trinajstić information content (AvgIpc) is 3.68. The predicted octanol–water partition coefficient (Wildman–Crippen LogP) is 14.6. The maximum absolute atomic E-state index is 5.10. The number of benzene rings is 9. The minimum Gasteiger partial charge on any atom is -0.309 e. The fourth-order valence-corrected chi connectivity index (χ4v) is 8.37. The van der Waals surface area contributed by atoms with Gasteiger partial charge in [-0.1, -0.05) is 188 Å². The first-order valence-corrected chi connectivity index (χ1v) is 20.6. The van der Waals surface area contributed by atoms with E-state index in [0.717, 1.165) is 55.8 Å². The van der Waals surface area contributed by atoms with Gasteiger partial charge in [0, 0.05) is 33.2 Å². The molecule has 11 aromatic rings. The molecule has 61 heavy (non-hydrogen) atoms. The Morgan fingerprint density at radius 2 is 0.590 bits per heavy atom. The highest BCUT2D eigenvalue weighted by Crippen LogP contribution is 2.36. The van der Waals surface area contributed by atoms with Gasteiger partial charge in [-0.05, 0) is 87.0 Å². The zero-order valence-corrected chi connectivity index (χ0v) is 33.2. The standard InChI is InChI=1S/C57H38N4/c1-4-14-39(15-5-1)45-18-12-20-48(36-45)56-58-55(59-57(60-56)49-21-13-19-46(37-49)40-16-6-2-7-17-40)44-32-30-42(31-33-44)41-26-28-43(29-27-41)47-34-35-54-52(38-47)51-24-10-11-25-53(51)61(54)50-22-8-3-9-23-50/h1-38H. The summed E-state index contributed by atoms with van der Waals surface area (Å²) < 4.78 is 2.35. The SMILES string of the molecule is c1ccc(-c2cccc(-c3nc(-c4ccc(-c5ccc(-c6ccc7c(c6)c6ccccc6n7-c6ccccc6)cc5)cc4)nc(-c4cccc(-c5ccccc5)c4)n3)c2)cc1. The van der Waals surface area contributed by atoms with Gasteiger partial charge in [0.05, 0.1) is 11.0 Å². The van der Waals surface area contributed by atoms with Gasteiger partial charge in [0.25, 0.3) is 0 Å². The number of aromatic nitrogens is 4. The van der Waals surface area contributed by atoms with Gasteiger partial charge in [-0.2, -0.15) is 0 Å². The van der Waals surface area contributed by atoms with Gasteiger partial charge >= 0.3 is 0 Å². The largest absolute Gasteiger partial charge is 0.309 e. The van der Waals surface area contributed by atoms with E-state index in [1.165, 1.54) is 32.9 Å². The lowest BCUT2D eigenvalue weighted by Crippen LogP contribution is -2.00. The molecule has 0 aliphatic heterocycles. The molecule has 0 radical (unpaired) electrons. The third-order valence-electron chi connectivity index (χ3n) is 11.5. The maximum Gasteiger partial charge on any atom is 0.164 e. The van der Waals surface area contributed by atoms with Crippen LogP contribution >= 0.6 is 0 Å². The van der Waals surface area contributed by atoms with Gasteiger partial charge in [-0.15, -0.1) is 0 Å². The van der Waals surface area contributed by atoms with E-state index in [2.05, 4.69) is 223 Å². The van der Waals surface area contributed by atoms with Crippen LogP contribution in [0.15, 0.2) is 231 Å². The third kappa shape index (κ3) is 6.96. The van der Waals surface area contributed by atoms with Gasteiger partial charge in [0.1, 0.15) is 0 Å². The molecule has 0 unspecified atom stereocenters. The van der Waals surface area contributed by atoms with E-state index >= 15 is 0 Å². The summed E-state index contributed by atoms with van der Waals surface area (Å²) in [5, 5.41) is 2.49. The van der Waals surface area contributed by atoms with E-state index in [9.17, 15) is 0 Å². The van der Waals surface area contributed by atoms with Crippen molar-refractivity contribution in [1.82, 2.24) is 19.5 Å². The van der Waals surface area contributed by atoms with Crippen LogP contribution < -0.4 is 0 Å². The molecule has 0 atom stereocenters. The molecule has 0 saturated carbocycles. The number of fused-ring (bicyclic) bond motifs is 3. The zero-order chi connectivity index (χ0) is 40.5. The van der Waals surface area contributed by atoms with E-state index in [1.807, 2.05) is 12.1 Å². The molecular weight excluding hydrogens is 741 g/mol. The van der Waals surface area contributed by atoms with Crippen LogP contribution in [0, 0.1) is 0 Å². The Hall–Kier alpha value is -8.21. The van der Waals surface area contributed by atoms with Crippen LogP contribution in [0.1, 0.15) is 0 Å². The lowest BCUT2D eigenvalue weighted by atomic mass is 9.98. The molecule has 2 aromatic heterocycles. The Bertz CT molecular complexity index is 3220. The molecule has 2 heterocycles. The predicted molar refractivity (Wildman–Crippen MR) is 252 cm³/mol. The highest BCUT2D eigenvalue weighted by Gasteiger charge is 2.16. The van der Waals surface area contributed by atoms with Crippen LogP contribution in [-0.2, 0) is 0 Å². The first kappa shape index (κ1) is 35.9. The summed E-state index contributed by atoms with van der Waals surface area (Å²) in [6.07, 6.45) is 0. The van der Waals surface area contributed by atoms with Crippen molar-refractivity contribution in [3.8, 4) is 84.4 Å². The molecule has 11 rings (SSSR count). The molecule has 0 fully saturated rings. The Morgan fingerprint density at radius 3 is 1.15 bits per heavy atom. The van der Waals surface area contributed by atoms with Crippen molar-refractivity contribution < 1.29 is 0 Å².